The van der Waals surface area contributed by atoms with Gasteiger partial charge in [-0.05, 0) is 12.0 Å². The molecule has 0 spiro atoms. The van der Waals surface area contributed by atoms with Crippen molar-refractivity contribution in [2.75, 3.05) is 27.3 Å². The summed E-state index contributed by atoms with van der Waals surface area (Å²) in [6, 6.07) is 4.40. The highest BCUT2D eigenvalue weighted by Crippen LogP contribution is 2.24. The van der Waals surface area contributed by atoms with E-state index in [1.165, 1.54) is 26.4 Å². The molecule has 0 fully saturated rings. The third-order valence-electron chi connectivity index (χ3n) is 3.37. The van der Waals surface area contributed by atoms with Gasteiger partial charge in [0.2, 0.25) is 0 Å². The minimum absolute atomic E-state index is 0.0750. The summed E-state index contributed by atoms with van der Waals surface area (Å²) in [5.74, 6) is -0.228. The molecule has 0 atom stereocenters. The van der Waals surface area contributed by atoms with Gasteiger partial charge >= 0.3 is 0 Å². The molecule has 1 amide bonds. The molecule has 1 aliphatic heterocycles. The monoisotopic (exact) mass is 280 g/mol. The number of fused-ring (bicyclic) bond motifs is 1. The molecule has 0 aliphatic carbocycles. The molecule has 1 aliphatic rings. The Hall–Kier alpha value is -1.99. The quantitative estimate of drug-likeness (QED) is 0.460. The van der Waals surface area contributed by atoms with Gasteiger partial charge in [-0.3, -0.25) is 14.9 Å². The molecule has 0 unspecified atom stereocenters. The minimum Gasteiger partial charge on any atom is -0.354 e. The number of benzene rings is 1. The number of carbonyl (C=O) groups is 1. The fraction of sp³-hybridized carbons (Fsp3) is 0.462. The van der Waals surface area contributed by atoms with Crippen LogP contribution in [0.15, 0.2) is 18.2 Å². The van der Waals surface area contributed by atoms with Gasteiger partial charge in [0.25, 0.3) is 11.6 Å². The molecule has 1 aromatic carbocycles. The zero-order valence-electron chi connectivity index (χ0n) is 11.4. The van der Waals surface area contributed by atoms with Crippen LogP contribution in [-0.4, -0.2) is 49.3 Å². The molecule has 0 saturated heterocycles. The summed E-state index contributed by atoms with van der Waals surface area (Å²) < 4.78 is 10.2. The molecular weight excluding hydrogens is 264 g/mol. The Morgan fingerprint density at radius 2 is 2.10 bits per heavy atom. The van der Waals surface area contributed by atoms with Crippen molar-refractivity contribution in [3.8, 4) is 0 Å². The first-order valence-electron chi connectivity index (χ1n) is 6.19. The maximum absolute atomic E-state index is 12.4. The maximum Gasteiger partial charge on any atom is 0.270 e. The van der Waals surface area contributed by atoms with Crippen LogP contribution in [0.4, 0.5) is 5.69 Å². The fourth-order valence-corrected chi connectivity index (χ4v) is 2.22. The van der Waals surface area contributed by atoms with Crippen LogP contribution in [0.25, 0.3) is 0 Å². The van der Waals surface area contributed by atoms with Crippen LogP contribution in [0.2, 0.25) is 0 Å². The molecule has 108 valence electrons. The third kappa shape index (κ3) is 2.78. The molecule has 0 aromatic heterocycles. The number of methoxy groups -OCH3 is 2. The molecule has 7 nitrogen and oxygen atoms in total. The van der Waals surface area contributed by atoms with Crippen LogP contribution in [-0.2, 0) is 15.9 Å². The first-order valence-corrected chi connectivity index (χ1v) is 6.19. The van der Waals surface area contributed by atoms with E-state index < -0.39 is 11.2 Å². The van der Waals surface area contributed by atoms with Gasteiger partial charge in [-0.25, -0.2) is 0 Å². The number of nitrogens with zero attached hydrogens (tertiary/aromatic N) is 2. The zero-order valence-corrected chi connectivity index (χ0v) is 11.4. The Kier molecular flexibility index (Phi) is 4.31. The van der Waals surface area contributed by atoms with Gasteiger partial charge < -0.3 is 14.4 Å². The molecule has 2 rings (SSSR count). The summed E-state index contributed by atoms with van der Waals surface area (Å²) >= 11 is 0. The van der Waals surface area contributed by atoms with Crippen LogP contribution in [0.1, 0.15) is 15.9 Å². The molecule has 1 aromatic rings. The number of non-ortho nitro benzene ring substituents is 1. The average Bonchev–Trinajstić information content (AvgIpc) is 2.46. The standard InChI is InChI=1S/C13H16N2O5/c1-19-12(20-2)8-14-6-5-9-3-4-10(15(17)18)7-11(9)13(14)16/h3-4,7,12H,5-6,8H2,1-2H3. The Balaban J connectivity index is 2.23. The van der Waals surface area contributed by atoms with Crippen molar-refractivity contribution in [3.05, 3.63) is 39.4 Å². The van der Waals surface area contributed by atoms with Gasteiger partial charge in [0, 0.05) is 38.5 Å². The van der Waals surface area contributed by atoms with Gasteiger partial charge in [0.15, 0.2) is 6.29 Å². The Morgan fingerprint density at radius 3 is 2.70 bits per heavy atom. The molecular formula is C13H16N2O5. The van der Waals surface area contributed by atoms with Crippen molar-refractivity contribution in [1.29, 1.82) is 0 Å². The van der Waals surface area contributed by atoms with Crippen molar-refractivity contribution >= 4 is 11.6 Å². The number of carbonyl (C=O) groups excluding carboxylic acids is 1. The van der Waals surface area contributed by atoms with E-state index in [1.807, 2.05) is 0 Å². The number of nitro benzene ring substituents is 1. The smallest absolute Gasteiger partial charge is 0.270 e. The number of amides is 1. The summed E-state index contributed by atoms with van der Waals surface area (Å²) in [6.45, 7) is 0.848. The minimum atomic E-state index is -0.501. The number of rotatable bonds is 5. The topological polar surface area (TPSA) is 81.9 Å². The molecule has 1 heterocycles. The van der Waals surface area contributed by atoms with Gasteiger partial charge in [-0.15, -0.1) is 0 Å². The van der Waals surface area contributed by atoms with Crippen molar-refractivity contribution < 1.29 is 19.2 Å². The molecule has 0 bridgehead atoms. The predicted octanol–water partition coefficient (Wildman–Crippen LogP) is 1.21. The summed E-state index contributed by atoms with van der Waals surface area (Å²) in [7, 11) is 3.00. The Bertz CT molecular complexity index is 527. The van der Waals surface area contributed by atoms with E-state index in [1.54, 1.807) is 11.0 Å². The SMILES string of the molecule is COC(CN1CCc2ccc([N+](=O)[O-])cc2C1=O)OC. The number of ether oxygens (including phenoxy) is 2. The number of hydrogen-bond donors (Lipinski definition) is 0. The lowest BCUT2D eigenvalue weighted by atomic mass is 9.98. The highest BCUT2D eigenvalue weighted by molar-refractivity contribution is 5.97. The van der Waals surface area contributed by atoms with Crippen LogP contribution >= 0.6 is 0 Å². The highest BCUT2D eigenvalue weighted by Gasteiger charge is 2.28. The summed E-state index contributed by atoms with van der Waals surface area (Å²) in [4.78, 5) is 24.2. The summed E-state index contributed by atoms with van der Waals surface area (Å²) in [6.07, 6.45) is 0.165. The Labute approximate surface area is 116 Å². The second-order valence-electron chi connectivity index (χ2n) is 4.50. The van der Waals surface area contributed by atoms with Crippen molar-refractivity contribution in [1.82, 2.24) is 4.90 Å². The molecule has 20 heavy (non-hydrogen) atoms. The van der Waals surface area contributed by atoms with E-state index in [2.05, 4.69) is 0 Å². The van der Waals surface area contributed by atoms with Gasteiger partial charge in [0.1, 0.15) is 0 Å². The Morgan fingerprint density at radius 1 is 1.40 bits per heavy atom. The van der Waals surface area contributed by atoms with Gasteiger partial charge in [-0.2, -0.15) is 0 Å². The normalized spacial score (nSPS) is 14.6. The molecule has 0 radical (unpaired) electrons. The average molecular weight is 280 g/mol. The van der Waals surface area contributed by atoms with Crippen LogP contribution < -0.4 is 0 Å². The van der Waals surface area contributed by atoms with E-state index in [9.17, 15) is 14.9 Å². The maximum atomic E-state index is 12.4. The lowest BCUT2D eigenvalue weighted by molar-refractivity contribution is -0.384. The first-order chi connectivity index (χ1) is 9.56. The second kappa shape index (κ2) is 5.98. The summed E-state index contributed by atoms with van der Waals surface area (Å²) in [5, 5.41) is 10.8. The van der Waals surface area contributed by atoms with Crippen molar-refractivity contribution in [2.45, 2.75) is 12.7 Å². The van der Waals surface area contributed by atoms with Crippen molar-refractivity contribution in [3.63, 3.8) is 0 Å². The van der Waals surface area contributed by atoms with E-state index >= 15 is 0 Å². The van der Waals surface area contributed by atoms with Crippen LogP contribution in [0.3, 0.4) is 0 Å². The first kappa shape index (κ1) is 14.4. The van der Waals surface area contributed by atoms with Crippen LogP contribution in [0.5, 0.6) is 0 Å². The molecule has 0 N–H and O–H groups in total. The van der Waals surface area contributed by atoms with Crippen molar-refractivity contribution in [2.24, 2.45) is 0 Å². The zero-order chi connectivity index (χ0) is 14.7. The fourth-order valence-electron chi connectivity index (χ4n) is 2.22. The van der Waals surface area contributed by atoms with E-state index in [4.69, 9.17) is 9.47 Å². The molecule has 7 heteroatoms. The molecule has 0 saturated carbocycles. The van der Waals surface area contributed by atoms with Gasteiger partial charge in [0.05, 0.1) is 11.5 Å². The second-order valence-corrected chi connectivity index (χ2v) is 4.50. The highest BCUT2D eigenvalue weighted by atomic mass is 16.7. The summed E-state index contributed by atoms with van der Waals surface area (Å²) in [5.41, 5.74) is 1.15. The lowest BCUT2D eigenvalue weighted by Crippen LogP contribution is -2.43. The van der Waals surface area contributed by atoms with E-state index in [-0.39, 0.29) is 11.6 Å². The van der Waals surface area contributed by atoms with E-state index in [0.717, 1.165) is 5.56 Å². The van der Waals surface area contributed by atoms with Crippen LogP contribution in [0, 0.1) is 10.1 Å². The number of nitro groups is 1. The number of hydrogen-bond acceptors (Lipinski definition) is 5. The largest absolute Gasteiger partial charge is 0.354 e. The lowest BCUT2D eigenvalue weighted by Gasteiger charge is -2.30. The predicted molar refractivity (Wildman–Crippen MR) is 70.5 cm³/mol. The van der Waals surface area contributed by atoms with Gasteiger partial charge in [-0.1, -0.05) is 6.07 Å². The third-order valence-corrected chi connectivity index (χ3v) is 3.37. The van der Waals surface area contributed by atoms with E-state index in [0.29, 0.717) is 25.1 Å².